The van der Waals surface area contributed by atoms with E-state index >= 15 is 0 Å². The number of nitrogens with zero attached hydrogens (tertiary/aromatic N) is 3. The van der Waals surface area contributed by atoms with Gasteiger partial charge in [0.25, 0.3) is 0 Å². The maximum Gasteiger partial charge on any atom is 0.160 e. The molecule has 1 fully saturated rings. The van der Waals surface area contributed by atoms with Crippen molar-refractivity contribution in [2.24, 2.45) is 0 Å². The molecule has 4 rings (SSSR count). The number of anilines is 1. The Bertz CT molecular complexity index is 1050. The number of aromatic nitrogens is 2. The maximum atomic E-state index is 14.5. The minimum atomic E-state index is -0.633. The zero-order valence-electron chi connectivity index (χ0n) is 14.3. The van der Waals surface area contributed by atoms with Gasteiger partial charge in [-0.1, -0.05) is 17.7 Å². The minimum absolute atomic E-state index is 0.107. The standard InChI is InChI=1S/C19H16ClFN4O2/c20-17-13(21)8-14-12(10-24-25(14)16-6-1-2-7-26-16)19(17)27-15-5-3-4-11(9-22)18(15)23/h3-5,8,10,16H,1-2,6-7,23H2. The van der Waals surface area contributed by atoms with Crippen molar-refractivity contribution in [1.82, 2.24) is 9.78 Å². The number of benzene rings is 2. The number of rotatable bonds is 3. The molecule has 0 amide bonds. The van der Waals surface area contributed by atoms with Crippen LogP contribution in [0.3, 0.4) is 0 Å². The molecule has 27 heavy (non-hydrogen) atoms. The van der Waals surface area contributed by atoms with E-state index in [1.807, 2.05) is 6.07 Å². The van der Waals surface area contributed by atoms with Crippen molar-refractivity contribution >= 4 is 28.2 Å². The van der Waals surface area contributed by atoms with E-state index < -0.39 is 5.82 Å². The van der Waals surface area contributed by atoms with Crippen LogP contribution in [-0.2, 0) is 4.74 Å². The van der Waals surface area contributed by atoms with E-state index in [-0.39, 0.29) is 34.0 Å². The average Bonchev–Trinajstić information content (AvgIpc) is 3.10. The quantitative estimate of drug-likeness (QED) is 0.655. The molecule has 0 radical (unpaired) electrons. The summed E-state index contributed by atoms with van der Waals surface area (Å²) in [5.74, 6) is -0.299. The van der Waals surface area contributed by atoms with Gasteiger partial charge >= 0.3 is 0 Å². The van der Waals surface area contributed by atoms with E-state index in [4.69, 9.17) is 32.1 Å². The summed E-state index contributed by atoms with van der Waals surface area (Å²) >= 11 is 6.17. The molecule has 0 saturated carbocycles. The Morgan fingerprint density at radius 1 is 1.41 bits per heavy atom. The Morgan fingerprint density at radius 3 is 3.00 bits per heavy atom. The van der Waals surface area contributed by atoms with Crippen LogP contribution >= 0.6 is 11.6 Å². The molecule has 3 aromatic rings. The van der Waals surface area contributed by atoms with Crippen molar-refractivity contribution < 1.29 is 13.9 Å². The van der Waals surface area contributed by atoms with Gasteiger partial charge in [-0.2, -0.15) is 10.4 Å². The van der Waals surface area contributed by atoms with Crippen LogP contribution in [-0.4, -0.2) is 16.4 Å². The molecule has 1 unspecified atom stereocenters. The molecule has 2 N–H and O–H groups in total. The van der Waals surface area contributed by atoms with Crippen LogP contribution in [0.15, 0.2) is 30.5 Å². The number of nitrogens with two attached hydrogens (primary N) is 1. The lowest BCUT2D eigenvalue weighted by Crippen LogP contribution is -2.19. The lowest BCUT2D eigenvalue weighted by molar-refractivity contribution is -0.0366. The van der Waals surface area contributed by atoms with Gasteiger partial charge in [0.15, 0.2) is 17.7 Å². The molecule has 0 spiro atoms. The number of halogens is 2. The average molecular weight is 387 g/mol. The van der Waals surface area contributed by atoms with Crippen LogP contribution in [0.4, 0.5) is 10.1 Å². The van der Waals surface area contributed by atoms with Gasteiger partial charge in [0.1, 0.15) is 16.9 Å². The molecule has 1 atom stereocenters. The van der Waals surface area contributed by atoms with E-state index in [9.17, 15) is 4.39 Å². The summed E-state index contributed by atoms with van der Waals surface area (Å²) in [6.45, 7) is 0.642. The molecular formula is C19H16ClFN4O2. The predicted molar refractivity (Wildman–Crippen MR) is 99.2 cm³/mol. The van der Waals surface area contributed by atoms with Gasteiger partial charge in [0, 0.05) is 12.7 Å². The highest BCUT2D eigenvalue weighted by Gasteiger charge is 2.23. The van der Waals surface area contributed by atoms with Crippen molar-refractivity contribution in [3.05, 3.63) is 46.9 Å². The molecule has 8 heteroatoms. The fraction of sp³-hybridized carbons (Fsp3) is 0.263. The topological polar surface area (TPSA) is 86.1 Å². The number of ether oxygens (including phenoxy) is 2. The third kappa shape index (κ3) is 3.07. The fourth-order valence-corrected chi connectivity index (χ4v) is 3.38. The fourth-order valence-electron chi connectivity index (χ4n) is 3.19. The molecular weight excluding hydrogens is 371 g/mol. The van der Waals surface area contributed by atoms with Crippen molar-refractivity contribution in [2.45, 2.75) is 25.5 Å². The van der Waals surface area contributed by atoms with Crippen LogP contribution in [0.1, 0.15) is 31.1 Å². The first-order valence-electron chi connectivity index (χ1n) is 8.53. The van der Waals surface area contributed by atoms with Gasteiger partial charge in [0.2, 0.25) is 0 Å². The van der Waals surface area contributed by atoms with Crippen LogP contribution in [0, 0.1) is 17.1 Å². The highest BCUT2D eigenvalue weighted by molar-refractivity contribution is 6.33. The largest absolute Gasteiger partial charge is 0.453 e. The second kappa shape index (κ2) is 7.06. The second-order valence-corrected chi connectivity index (χ2v) is 6.65. The van der Waals surface area contributed by atoms with E-state index in [0.29, 0.717) is 17.5 Å². The van der Waals surface area contributed by atoms with E-state index in [2.05, 4.69) is 5.10 Å². The van der Waals surface area contributed by atoms with Crippen molar-refractivity contribution in [2.75, 3.05) is 12.3 Å². The van der Waals surface area contributed by atoms with E-state index in [1.54, 1.807) is 29.1 Å². The minimum Gasteiger partial charge on any atom is -0.453 e. The van der Waals surface area contributed by atoms with Gasteiger partial charge in [-0.15, -0.1) is 0 Å². The van der Waals surface area contributed by atoms with Crippen LogP contribution in [0.5, 0.6) is 11.5 Å². The Morgan fingerprint density at radius 2 is 2.26 bits per heavy atom. The number of nitriles is 1. The summed E-state index contributed by atoms with van der Waals surface area (Å²) in [5, 5.41) is 13.9. The number of fused-ring (bicyclic) bond motifs is 1. The lowest BCUT2D eigenvalue weighted by Gasteiger charge is -2.23. The van der Waals surface area contributed by atoms with Gasteiger partial charge < -0.3 is 15.2 Å². The Kier molecular flexibility index (Phi) is 4.60. The molecule has 1 aromatic heterocycles. The van der Waals surface area contributed by atoms with Crippen LogP contribution in [0.2, 0.25) is 5.02 Å². The Labute approximate surface area is 159 Å². The van der Waals surface area contributed by atoms with Crippen molar-refractivity contribution in [3.8, 4) is 17.6 Å². The third-order valence-electron chi connectivity index (χ3n) is 4.58. The molecule has 138 valence electrons. The number of para-hydroxylation sites is 1. The first kappa shape index (κ1) is 17.6. The second-order valence-electron chi connectivity index (χ2n) is 6.28. The summed E-state index contributed by atoms with van der Waals surface area (Å²) in [5.41, 5.74) is 6.92. The van der Waals surface area contributed by atoms with E-state index in [0.717, 1.165) is 19.3 Å². The van der Waals surface area contributed by atoms with E-state index in [1.165, 1.54) is 6.07 Å². The molecule has 0 aliphatic carbocycles. The monoisotopic (exact) mass is 386 g/mol. The Hall–Kier alpha value is -2.82. The third-order valence-corrected chi connectivity index (χ3v) is 4.93. The summed E-state index contributed by atoms with van der Waals surface area (Å²) in [6, 6.07) is 8.11. The van der Waals surface area contributed by atoms with Gasteiger partial charge in [-0.05, 0) is 31.4 Å². The maximum absolute atomic E-state index is 14.5. The molecule has 1 aliphatic rings. The smallest absolute Gasteiger partial charge is 0.160 e. The summed E-state index contributed by atoms with van der Waals surface area (Å²) in [7, 11) is 0. The molecule has 1 saturated heterocycles. The predicted octanol–water partition coefficient (Wildman–Crippen LogP) is 4.77. The number of hydrogen-bond acceptors (Lipinski definition) is 5. The molecule has 1 aliphatic heterocycles. The van der Waals surface area contributed by atoms with Crippen LogP contribution in [0.25, 0.3) is 10.9 Å². The number of nitrogen functional groups attached to an aromatic ring is 1. The van der Waals surface area contributed by atoms with Gasteiger partial charge in [0.05, 0.1) is 28.4 Å². The highest BCUT2D eigenvalue weighted by atomic mass is 35.5. The molecule has 0 bridgehead atoms. The summed E-state index contributed by atoms with van der Waals surface area (Å²) in [4.78, 5) is 0. The SMILES string of the molecule is N#Cc1cccc(Oc2c(Cl)c(F)cc3c2cnn3C2CCCCO2)c1N. The summed E-state index contributed by atoms with van der Waals surface area (Å²) in [6.07, 6.45) is 4.13. The van der Waals surface area contributed by atoms with Gasteiger partial charge in [-0.25, -0.2) is 9.07 Å². The van der Waals surface area contributed by atoms with Crippen LogP contribution < -0.4 is 10.5 Å². The summed E-state index contributed by atoms with van der Waals surface area (Å²) < 4.78 is 27.7. The first-order valence-corrected chi connectivity index (χ1v) is 8.91. The van der Waals surface area contributed by atoms with Crippen molar-refractivity contribution in [3.63, 3.8) is 0 Å². The zero-order chi connectivity index (χ0) is 19.0. The lowest BCUT2D eigenvalue weighted by atomic mass is 10.1. The van der Waals surface area contributed by atoms with Gasteiger partial charge in [-0.3, -0.25) is 0 Å². The highest BCUT2D eigenvalue weighted by Crippen LogP contribution is 2.41. The molecule has 6 nitrogen and oxygen atoms in total. The normalized spacial score (nSPS) is 17.0. The zero-order valence-corrected chi connectivity index (χ0v) is 15.0. The molecule has 2 heterocycles. The first-order chi connectivity index (χ1) is 13.1. The number of hydrogen-bond donors (Lipinski definition) is 1. The molecule has 2 aromatic carbocycles. The Balaban J connectivity index is 1.82. The van der Waals surface area contributed by atoms with Crippen molar-refractivity contribution in [1.29, 1.82) is 5.26 Å².